The van der Waals surface area contributed by atoms with Crippen LogP contribution in [0.3, 0.4) is 0 Å². The largest absolute Gasteiger partial charge is 1.00 e. The van der Waals surface area contributed by atoms with E-state index in [2.05, 4.69) is 5.32 Å². The fraction of sp³-hybridized carbons (Fsp3) is 0.714. The minimum absolute atomic E-state index is 0. The van der Waals surface area contributed by atoms with Crippen LogP contribution >= 0.6 is 0 Å². The van der Waals surface area contributed by atoms with E-state index < -0.39 is 23.9 Å². The molecule has 2 atom stereocenters. The van der Waals surface area contributed by atoms with Crippen molar-refractivity contribution in [2.75, 3.05) is 6.54 Å². The molecule has 1 saturated heterocycles. The topological polar surface area (TPSA) is 86.6 Å². The minimum atomic E-state index is -1.08. The summed E-state index contributed by atoms with van der Waals surface area (Å²) in [6.07, 6.45) is 1.17. The van der Waals surface area contributed by atoms with Crippen LogP contribution in [0.4, 0.5) is 0 Å². The molecule has 1 rings (SSSR count). The van der Waals surface area contributed by atoms with Gasteiger partial charge in [0.25, 0.3) is 0 Å². The molecule has 0 spiro atoms. The van der Waals surface area contributed by atoms with Crippen molar-refractivity contribution in [3.05, 3.63) is 0 Å². The Hall–Kier alpha value is -0.100. The van der Waals surface area contributed by atoms with Gasteiger partial charge >= 0.3 is 41.5 Å². The normalized spacial score (nSPS) is 27.4. The van der Waals surface area contributed by atoms with Gasteiger partial charge in [-0.15, -0.1) is 0 Å². The number of piperidine rings is 1. The van der Waals surface area contributed by atoms with Gasteiger partial charge in [0.15, 0.2) is 0 Å². The number of carboxylic acids is 2. The smallest absolute Gasteiger partial charge is 1.00 e. The van der Waals surface area contributed by atoms with E-state index in [1.807, 2.05) is 0 Å². The van der Waals surface area contributed by atoms with Gasteiger partial charge in [-0.2, -0.15) is 0 Å². The molecule has 5 nitrogen and oxygen atoms in total. The number of rotatable bonds is 2. The molecule has 0 aromatic carbocycles. The Kier molecular flexibility index (Phi) is 5.55. The summed E-state index contributed by atoms with van der Waals surface area (Å²) in [6, 6.07) is -0.920. The molecule has 6 heteroatoms. The molecule has 0 bridgehead atoms. The maximum absolute atomic E-state index is 10.6. The fourth-order valence-corrected chi connectivity index (χ4v) is 1.41. The second kappa shape index (κ2) is 5.59. The summed E-state index contributed by atoms with van der Waals surface area (Å²) in [4.78, 5) is 21.1. The number of carboxylic acid groups (broad SMARTS) is 2. The van der Waals surface area contributed by atoms with Crippen LogP contribution in [0.15, 0.2) is 0 Å². The van der Waals surface area contributed by atoms with E-state index in [9.17, 15) is 9.59 Å². The molecule has 1 fully saturated rings. The van der Waals surface area contributed by atoms with Crippen molar-refractivity contribution in [1.82, 2.24) is 5.32 Å². The molecular formula is C7H12NNaO4. The van der Waals surface area contributed by atoms with E-state index >= 15 is 0 Å². The van der Waals surface area contributed by atoms with Gasteiger partial charge < -0.3 is 17.0 Å². The maximum Gasteiger partial charge on any atom is 1.00 e. The zero-order chi connectivity index (χ0) is 9.14. The molecule has 1 aliphatic rings. The van der Waals surface area contributed by atoms with Crippen LogP contribution in [0.25, 0.3) is 0 Å². The average molecular weight is 197 g/mol. The van der Waals surface area contributed by atoms with Crippen LogP contribution in [0, 0.1) is 5.92 Å². The van der Waals surface area contributed by atoms with Crippen LogP contribution < -0.4 is 34.9 Å². The van der Waals surface area contributed by atoms with Crippen molar-refractivity contribution >= 4 is 11.9 Å². The Morgan fingerprint density at radius 3 is 2.31 bits per heavy atom. The summed E-state index contributed by atoms with van der Waals surface area (Å²) in [5.41, 5.74) is 0. The van der Waals surface area contributed by atoms with E-state index in [4.69, 9.17) is 10.2 Å². The average Bonchev–Trinajstić information content (AvgIpc) is 2.04. The van der Waals surface area contributed by atoms with Crippen LogP contribution in [0.1, 0.15) is 14.3 Å². The number of hydrogen-bond donors (Lipinski definition) is 3. The van der Waals surface area contributed by atoms with Gasteiger partial charge in [0.2, 0.25) is 0 Å². The van der Waals surface area contributed by atoms with Gasteiger partial charge in [-0.05, 0) is 19.4 Å². The van der Waals surface area contributed by atoms with E-state index in [-0.39, 0.29) is 31.0 Å². The number of nitrogens with one attached hydrogen (secondary N) is 1. The Morgan fingerprint density at radius 1 is 1.31 bits per heavy atom. The minimum Gasteiger partial charge on any atom is -1.00 e. The number of aliphatic carboxylic acids is 2. The predicted molar refractivity (Wildman–Crippen MR) is 40.9 cm³/mol. The van der Waals surface area contributed by atoms with Crippen molar-refractivity contribution in [2.24, 2.45) is 5.92 Å². The van der Waals surface area contributed by atoms with E-state index in [1.54, 1.807) is 0 Å². The molecule has 0 aliphatic carbocycles. The first-order chi connectivity index (χ1) is 5.63. The fourth-order valence-electron chi connectivity index (χ4n) is 1.41. The summed E-state index contributed by atoms with van der Waals surface area (Å²) in [6.45, 7) is 0.584. The van der Waals surface area contributed by atoms with E-state index in [0.717, 1.165) is 6.42 Å². The maximum atomic E-state index is 10.6. The van der Waals surface area contributed by atoms with Crippen LogP contribution in [-0.4, -0.2) is 34.7 Å². The molecule has 0 radical (unpaired) electrons. The summed E-state index contributed by atoms with van der Waals surface area (Å²) >= 11 is 0. The third-order valence-corrected chi connectivity index (χ3v) is 2.04. The summed E-state index contributed by atoms with van der Waals surface area (Å²) in [5.74, 6) is -2.90. The van der Waals surface area contributed by atoms with Gasteiger partial charge in [0.1, 0.15) is 6.04 Å². The van der Waals surface area contributed by atoms with Crippen molar-refractivity contribution in [3.8, 4) is 0 Å². The second-order valence-electron chi connectivity index (χ2n) is 2.86. The molecule has 1 aliphatic heterocycles. The predicted octanol–water partition coefficient (Wildman–Crippen LogP) is -3.36. The van der Waals surface area contributed by atoms with Crippen molar-refractivity contribution in [1.29, 1.82) is 0 Å². The molecule has 13 heavy (non-hydrogen) atoms. The first-order valence-electron chi connectivity index (χ1n) is 3.82. The summed E-state index contributed by atoms with van der Waals surface area (Å²) in [7, 11) is 0. The first-order valence-corrected chi connectivity index (χ1v) is 3.82. The quantitative estimate of drug-likeness (QED) is 0.402. The van der Waals surface area contributed by atoms with Gasteiger partial charge in [0, 0.05) is 0 Å². The molecule has 3 N–H and O–H groups in total. The monoisotopic (exact) mass is 197 g/mol. The zero-order valence-electron chi connectivity index (χ0n) is 8.49. The van der Waals surface area contributed by atoms with Gasteiger partial charge in [-0.1, -0.05) is 0 Å². The third kappa shape index (κ3) is 3.27. The molecule has 0 aromatic rings. The molecule has 0 amide bonds. The Bertz CT molecular complexity index is 192. The molecule has 2 unspecified atom stereocenters. The molecule has 0 aromatic heterocycles. The van der Waals surface area contributed by atoms with Gasteiger partial charge in [-0.25, -0.2) is 0 Å². The molecule has 70 valence electrons. The Labute approximate surface area is 99.3 Å². The second-order valence-corrected chi connectivity index (χ2v) is 2.86. The third-order valence-electron chi connectivity index (χ3n) is 2.04. The Balaban J connectivity index is 0. The van der Waals surface area contributed by atoms with E-state index in [0.29, 0.717) is 13.0 Å². The number of hydrogen-bond acceptors (Lipinski definition) is 3. The van der Waals surface area contributed by atoms with Gasteiger partial charge in [-0.3, -0.25) is 9.59 Å². The van der Waals surface area contributed by atoms with Crippen LogP contribution in [0.5, 0.6) is 0 Å². The number of carbonyl (C=O) groups is 2. The molecule has 0 saturated carbocycles. The van der Waals surface area contributed by atoms with Crippen molar-refractivity contribution < 1.29 is 50.8 Å². The van der Waals surface area contributed by atoms with Crippen LogP contribution in [0.2, 0.25) is 0 Å². The Morgan fingerprint density at radius 2 is 1.92 bits per heavy atom. The SMILES string of the molecule is O=C(O)C1CCCNC1C(=O)O.[H-].[Na+]. The molecule has 1 heterocycles. The van der Waals surface area contributed by atoms with Crippen molar-refractivity contribution in [2.45, 2.75) is 18.9 Å². The summed E-state index contributed by atoms with van der Waals surface area (Å²) in [5, 5.41) is 20.0. The van der Waals surface area contributed by atoms with Crippen molar-refractivity contribution in [3.63, 3.8) is 0 Å². The van der Waals surface area contributed by atoms with E-state index in [1.165, 1.54) is 0 Å². The molecular weight excluding hydrogens is 185 g/mol. The van der Waals surface area contributed by atoms with Crippen LogP contribution in [-0.2, 0) is 9.59 Å². The standard InChI is InChI=1S/C7H11NO4.Na.H/c9-6(10)4-2-1-3-8-5(4)7(11)12;;/h4-5,8H,1-3H2,(H,9,10)(H,11,12);;/q;+1;-1. The zero-order valence-corrected chi connectivity index (χ0v) is 9.49. The van der Waals surface area contributed by atoms with Gasteiger partial charge in [0.05, 0.1) is 5.92 Å². The first kappa shape index (κ1) is 12.9. The summed E-state index contributed by atoms with van der Waals surface area (Å²) < 4.78 is 0.